The van der Waals surface area contributed by atoms with Crippen molar-refractivity contribution >= 4 is 17.2 Å². The topological polar surface area (TPSA) is 82.7 Å². The minimum atomic E-state index is -0.387. The minimum absolute atomic E-state index is 0.0117. The van der Waals surface area contributed by atoms with Crippen LogP contribution >= 0.6 is 0 Å². The second-order valence-electron chi connectivity index (χ2n) is 6.65. The van der Waals surface area contributed by atoms with Crippen molar-refractivity contribution in [2.45, 2.75) is 0 Å². The Balaban J connectivity index is 1.55. The normalized spacial score (nSPS) is 14.1. The molecule has 2 aromatic carbocycles. The Morgan fingerprint density at radius 1 is 0.857 bits per heavy atom. The van der Waals surface area contributed by atoms with E-state index >= 15 is 0 Å². The summed E-state index contributed by atoms with van der Waals surface area (Å²) in [6.07, 6.45) is 0. The summed E-state index contributed by atoms with van der Waals surface area (Å²) < 4.78 is 0. The number of nitro groups is 1. The zero-order chi connectivity index (χ0) is 19.5. The molecule has 1 N–H and O–H groups in total. The number of piperazine rings is 1. The summed E-state index contributed by atoms with van der Waals surface area (Å²) in [6.45, 7) is 3.15. The third-order valence-corrected chi connectivity index (χ3v) is 4.92. The number of anilines is 2. The Bertz CT molecular complexity index is 969. The van der Waals surface area contributed by atoms with Crippen LogP contribution in [0.15, 0.2) is 66.7 Å². The second-order valence-corrected chi connectivity index (χ2v) is 6.65. The summed E-state index contributed by atoms with van der Waals surface area (Å²) in [7, 11) is 0. The molecule has 2 heterocycles. The Hall–Kier alpha value is -3.61. The molecular formula is C21H20N4O3. The van der Waals surface area contributed by atoms with Crippen molar-refractivity contribution in [3.63, 3.8) is 0 Å². The van der Waals surface area contributed by atoms with Crippen molar-refractivity contribution in [1.29, 1.82) is 0 Å². The van der Waals surface area contributed by atoms with Crippen LogP contribution in [0.25, 0.3) is 11.3 Å². The molecule has 1 aliphatic heterocycles. The van der Waals surface area contributed by atoms with Gasteiger partial charge in [0, 0.05) is 43.5 Å². The molecule has 28 heavy (non-hydrogen) atoms. The first kappa shape index (κ1) is 17.8. The van der Waals surface area contributed by atoms with Crippen LogP contribution in [0.1, 0.15) is 0 Å². The van der Waals surface area contributed by atoms with Crippen LogP contribution in [-0.4, -0.2) is 41.2 Å². The number of aromatic nitrogens is 1. The van der Waals surface area contributed by atoms with Gasteiger partial charge in [-0.15, -0.1) is 0 Å². The number of aromatic hydroxyl groups is 1. The van der Waals surface area contributed by atoms with Gasteiger partial charge in [0.1, 0.15) is 11.6 Å². The smallest absolute Gasteiger partial charge is 0.295 e. The highest BCUT2D eigenvalue weighted by Crippen LogP contribution is 2.31. The fraction of sp³-hybridized carbons (Fsp3) is 0.190. The number of pyridine rings is 1. The van der Waals surface area contributed by atoms with Crippen LogP contribution in [0, 0.1) is 10.1 Å². The van der Waals surface area contributed by atoms with E-state index in [0.29, 0.717) is 5.69 Å². The van der Waals surface area contributed by atoms with Gasteiger partial charge < -0.3 is 14.9 Å². The summed E-state index contributed by atoms with van der Waals surface area (Å²) in [4.78, 5) is 20.1. The van der Waals surface area contributed by atoms with Crippen molar-refractivity contribution in [1.82, 2.24) is 4.98 Å². The Labute approximate surface area is 162 Å². The van der Waals surface area contributed by atoms with Crippen molar-refractivity contribution in [2.24, 2.45) is 0 Å². The molecule has 0 aliphatic carbocycles. The SMILES string of the molecule is O=[N+]([O-])c1ccc(N2CCN(c3ccc(O)cc3)CC2)nc1-c1ccccc1. The van der Waals surface area contributed by atoms with E-state index in [1.54, 1.807) is 18.2 Å². The molecule has 0 radical (unpaired) electrons. The van der Waals surface area contributed by atoms with E-state index < -0.39 is 0 Å². The van der Waals surface area contributed by atoms with Gasteiger partial charge in [0.25, 0.3) is 5.69 Å². The largest absolute Gasteiger partial charge is 0.508 e. The summed E-state index contributed by atoms with van der Waals surface area (Å²) in [5.41, 5.74) is 2.21. The molecule has 1 saturated heterocycles. The first-order valence-corrected chi connectivity index (χ1v) is 9.11. The van der Waals surface area contributed by atoms with Gasteiger partial charge in [-0.2, -0.15) is 0 Å². The maximum Gasteiger partial charge on any atom is 0.295 e. The molecule has 1 aliphatic rings. The Morgan fingerprint density at radius 2 is 1.50 bits per heavy atom. The van der Waals surface area contributed by atoms with Crippen LogP contribution in [0.3, 0.4) is 0 Å². The molecule has 7 heteroatoms. The molecule has 0 unspecified atom stereocenters. The molecule has 7 nitrogen and oxygen atoms in total. The van der Waals surface area contributed by atoms with Crippen molar-refractivity contribution in [3.05, 3.63) is 76.8 Å². The quantitative estimate of drug-likeness (QED) is 0.552. The first-order chi connectivity index (χ1) is 13.6. The lowest BCUT2D eigenvalue weighted by molar-refractivity contribution is -0.384. The van der Waals surface area contributed by atoms with E-state index in [1.807, 2.05) is 42.5 Å². The van der Waals surface area contributed by atoms with E-state index in [1.165, 1.54) is 6.07 Å². The van der Waals surface area contributed by atoms with E-state index in [9.17, 15) is 15.2 Å². The second kappa shape index (κ2) is 7.56. The molecule has 1 fully saturated rings. The van der Waals surface area contributed by atoms with Gasteiger partial charge in [-0.25, -0.2) is 4.98 Å². The molecule has 0 amide bonds. The maximum atomic E-state index is 11.4. The van der Waals surface area contributed by atoms with E-state index in [2.05, 4.69) is 14.8 Å². The fourth-order valence-electron chi connectivity index (χ4n) is 3.43. The number of phenolic OH excluding ortho intramolecular Hbond substituents is 1. The molecule has 4 rings (SSSR count). The molecular weight excluding hydrogens is 356 g/mol. The van der Waals surface area contributed by atoms with E-state index in [-0.39, 0.29) is 16.4 Å². The van der Waals surface area contributed by atoms with Crippen molar-refractivity contribution in [3.8, 4) is 17.0 Å². The van der Waals surface area contributed by atoms with E-state index in [4.69, 9.17) is 0 Å². The predicted octanol–water partition coefficient (Wildman–Crippen LogP) is 3.69. The highest BCUT2D eigenvalue weighted by molar-refractivity contribution is 5.71. The lowest BCUT2D eigenvalue weighted by Gasteiger charge is -2.36. The maximum absolute atomic E-state index is 11.4. The summed E-state index contributed by atoms with van der Waals surface area (Å²) in [6, 6.07) is 19.7. The van der Waals surface area contributed by atoms with Crippen molar-refractivity contribution in [2.75, 3.05) is 36.0 Å². The number of rotatable bonds is 4. The van der Waals surface area contributed by atoms with Crippen LogP contribution < -0.4 is 9.80 Å². The average molecular weight is 376 g/mol. The average Bonchev–Trinajstić information content (AvgIpc) is 2.74. The van der Waals surface area contributed by atoms with Gasteiger partial charge in [0.2, 0.25) is 0 Å². The number of hydrogen-bond acceptors (Lipinski definition) is 6. The van der Waals surface area contributed by atoms with Crippen LogP contribution in [-0.2, 0) is 0 Å². The van der Waals surface area contributed by atoms with Gasteiger partial charge >= 0.3 is 0 Å². The molecule has 1 aromatic heterocycles. The summed E-state index contributed by atoms with van der Waals surface area (Å²) in [5, 5.41) is 20.9. The molecule has 0 atom stereocenters. The highest BCUT2D eigenvalue weighted by Gasteiger charge is 2.22. The molecule has 3 aromatic rings. The Morgan fingerprint density at radius 3 is 2.14 bits per heavy atom. The number of nitrogens with zero attached hydrogens (tertiary/aromatic N) is 4. The minimum Gasteiger partial charge on any atom is -0.508 e. The van der Waals surface area contributed by atoms with Gasteiger partial charge in [-0.1, -0.05) is 30.3 Å². The van der Waals surface area contributed by atoms with Crippen LogP contribution in [0.4, 0.5) is 17.2 Å². The number of phenols is 1. The molecule has 0 bridgehead atoms. The number of benzene rings is 2. The standard InChI is InChI=1S/C21H20N4O3/c26-18-8-6-17(7-9-18)23-12-14-24(15-13-23)20-11-10-19(25(27)28)21(22-20)16-4-2-1-3-5-16/h1-11,26H,12-15H2. The third-order valence-electron chi connectivity index (χ3n) is 4.92. The Kier molecular flexibility index (Phi) is 4.80. The third kappa shape index (κ3) is 3.59. The highest BCUT2D eigenvalue weighted by atomic mass is 16.6. The summed E-state index contributed by atoms with van der Waals surface area (Å²) >= 11 is 0. The lowest BCUT2D eigenvalue weighted by Crippen LogP contribution is -2.46. The molecule has 0 saturated carbocycles. The van der Waals surface area contributed by atoms with Gasteiger partial charge in [0.05, 0.1) is 4.92 Å². The first-order valence-electron chi connectivity index (χ1n) is 9.11. The van der Waals surface area contributed by atoms with Gasteiger partial charge in [-0.05, 0) is 30.3 Å². The number of hydrogen-bond donors (Lipinski definition) is 1. The molecule has 0 spiro atoms. The van der Waals surface area contributed by atoms with E-state index in [0.717, 1.165) is 43.2 Å². The van der Waals surface area contributed by atoms with Crippen molar-refractivity contribution < 1.29 is 10.0 Å². The zero-order valence-corrected chi connectivity index (χ0v) is 15.2. The lowest BCUT2D eigenvalue weighted by atomic mass is 10.1. The summed E-state index contributed by atoms with van der Waals surface area (Å²) in [5.74, 6) is 1.00. The predicted molar refractivity (Wildman–Crippen MR) is 109 cm³/mol. The van der Waals surface area contributed by atoms with Crippen LogP contribution in [0.5, 0.6) is 5.75 Å². The molecule has 142 valence electrons. The van der Waals surface area contributed by atoms with Crippen LogP contribution in [0.2, 0.25) is 0 Å². The zero-order valence-electron chi connectivity index (χ0n) is 15.2. The monoisotopic (exact) mass is 376 g/mol. The van der Waals surface area contributed by atoms with Gasteiger partial charge in [-0.3, -0.25) is 10.1 Å². The van der Waals surface area contributed by atoms with Gasteiger partial charge in [0.15, 0.2) is 5.69 Å². The fourth-order valence-corrected chi connectivity index (χ4v) is 3.43.